The largest absolute Gasteiger partial charge is 0.496 e. The molecule has 0 aliphatic heterocycles. The van der Waals surface area contributed by atoms with Gasteiger partial charge in [-0.25, -0.2) is 0 Å². The lowest BCUT2D eigenvalue weighted by molar-refractivity contribution is -0.140. The van der Waals surface area contributed by atoms with Crippen LogP contribution < -0.4 is 4.74 Å². The molecule has 0 aliphatic rings. The number of nitrogens with zero attached hydrogens (tertiary/aromatic N) is 2. The smallest absolute Gasteiger partial charge is 0.230 e. The second kappa shape index (κ2) is 8.52. The molecule has 7 heteroatoms. The van der Waals surface area contributed by atoms with Gasteiger partial charge in [0, 0.05) is 11.9 Å². The zero-order chi connectivity index (χ0) is 20.1. The maximum absolute atomic E-state index is 13.0. The van der Waals surface area contributed by atoms with Crippen molar-refractivity contribution in [3.8, 4) is 17.1 Å². The van der Waals surface area contributed by atoms with Crippen molar-refractivity contribution in [2.75, 3.05) is 13.0 Å². The summed E-state index contributed by atoms with van der Waals surface area (Å²) in [4.78, 5) is 14.7. The summed E-state index contributed by atoms with van der Waals surface area (Å²) in [5, 5.41) is 4.14. The third-order valence-electron chi connectivity index (χ3n) is 4.41. The van der Waals surface area contributed by atoms with Gasteiger partial charge in [0.05, 0.1) is 37.4 Å². The van der Waals surface area contributed by atoms with Crippen LogP contribution in [0.5, 0.6) is 5.75 Å². The molecule has 0 saturated carbocycles. The van der Waals surface area contributed by atoms with Crippen LogP contribution in [0.15, 0.2) is 57.7 Å². The summed E-state index contributed by atoms with van der Waals surface area (Å²) in [7, 11) is 1.61. The summed E-state index contributed by atoms with van der Waals surface area (Å²) in [6, 6.07) is 13.0. The number of amides is 1. The van der Waals surface area contributed by atoms with Gasteiger partial charge in [0.15, 0.2) is 5.76 Å². The molecule has 3 aromatic rings. The van der Waals surface area contributed by atoms with Crippen LogP contribution in [-0.4, -0.2) is 29.0 Å². The topological polar surface area (TPSA) is 68.7 Å². The van der Waals surface area contributed by atoms with E-state index in [1.807, 2.05) is 50.2 Å². The number of methoxy groups -OCH3 is 1. The van der Waals surface area contributed by atoms with E-state index in [0.29, 0.717) is 29.5 Å². The van der Waals surface area contributed by atoms with Crippen molar-refractivity contribution >= 4 is 17.5 Å². The Balaban J connectivity index is 1.85. The SMILES string of the molecule is COc1ccccc1-c1cc(CN(Cc2ccco2)C(=O)C(C)(C)CCl)no1. The minimum atomic E-state index is -0.705. The molecule has 6 nitrogen and oxygen atoms in total. The van der Waals surface area contributed by atoms with E-state index in [1.54, 1.807) is 24.3 Å². The molecule has 1 aromatic carbocycles. The lowest BCUT2D eigenvalue weighted by atomic mass is 9.94. The van der Waals surface area contributed by atoms with Crippen molar-refractivity contribution in [1.82, 2.24) is 10.1 Å². The molecule has 0 N–H and O–H groups in total. The van der Waals surface area contributed by atoms with Crippen LogP contribution in [0.4, 0.5) is 0 Å². The van der Waals surface area contributed by atoms with Gasteiger partial charge in [0.25, 0.3) is 0 Å². The van der Waals surface area contributed by atoms with Gasteiger partial charge in [-0.1, -0.05) is 17.3 Å². The molecule has 0 fully saturated rings. The number of furan rings is 1. The average Bonchev–Trinajstić information content (AvgIpc) is 3.39. The summed E-state index contributed by atoms with van der Waals surface area (Å²) >= 11 is 6.02. The fourth-order valence-electron chi connectivity index (χ4n) is 2.83. The number of para-hydroxylation sites is 1. The number of carbonyl (C=O) groups excluding carboxylic acids is 1. The molecule has 148 valence electrons. The predicted molar refractivity (Wildman–Crippen MR) is 106 cm³/mol. The molecule has 28 heavy (non-hydrogen) atoms. The van der Waals surface area contributed by atoms with Gasteiger partial charge >= 0.3 is 0 Å². The van der Waals surface area contributed by atoms with Crippen LogP contribution in [0.25, 0.3) is 11.3 Å². The Kier molecular flexibility index (Phi) is 6.09. The molecular formula is C21H23ClN2O4. The number of ether oxygens (including phenoxy) is 1. The fraction of sp³-hybridized carbons (Fsp3) is 0.333. The van der Waals surface area contributed by atoms with Crippen molar-refractivity contribution in [3.05, 3.63) is 60.2 Å². The lowest BCUT2D eigenvalue weighted by Crippen LogP contribution is -2.41. The van der Waals surface area contributed by atoms with Crippen LogP contribution in [0.3, 0.4) is 0 Å². The molecule has 0 bridgehead atoms. The van der Waals surface area contributed by atoms with Gasteiger partial charge in [-0.15, -0.1) is 11.6 Å². The van der Waals surface area contributed by atoms with E-state index in [4.69, 9.17) is 25.3 Å². The fourth-order valence-corrected chi connectivity index (χ4v) is 2.95. The molecule has 0 radical (unpaired) electrons. The van der Waals surface area contributed by atoms with E-state index in [1.165, 1.54) is 0 Å². The minimum Gasteiger partial charge on any atom is -0.496 e. The van der Waals surface area contributed by atoms with Crippen LogP contribution in [0.2, 0.25) is 0 Å². The van der Waals surface area contributed by atoms with E-state index in [2.05, 4.69) is 5.16 Å². The molecule has 0 atom stereocenters. The molecule has 3 rings (SSSR count). The van der Waals surface area contributed by atoms with Crippen molar-refractivity contribution in [1.29, 1.82) is 0 Å². The van der Waals surface area contributed by atoms with Crippen molar-refractivity contribution in [2.45, 2.75) is 26.9 Å². The van der Waals surface area contributed by atoms with Crippen LogP contribution in [0, 0.1) is 5.41 Å². The molecule has 2 aromatic heterocycles. The summed E-state index contributed by atoms with van der Waals surface area (Å²) in [5.74, 6) is 2.09. The highest BCUT2D eigenvalue weighted by Gasteiger charge is 2.32. The number of halogens is 1. The second-order valence-corrected chi connectivity index (χ2v) is 7.41. The normalized spacial score (nSPS) is 11.4. The van der Waals surface area contributed by atoms with Crippen molar-refractivity contribution < 1.29 is 18.5 Å². The number of carbonyl (C=O) groups is 1. The Bertz CT molecular complexity index is 918. The standard InChI is InChI=1S/C21H23ClN2O4/c1-21(2,14-22)20(25)24(13-16-7-6-10-27-16)12-15-11-19(28-23-15)17-8-4-5-9-18(17)26-3/h4-11H,12-14H2,1-3H3. The van der Waals surface area contributed by atoms with Gasteiger partial charge in [0.1, 0.15) is 17.2 Å². The second-order valence-electron chi connectivity index (χ2n) is 7.14. The summed E-state index contributed by atoms with van der Waals surface area (Å²) in [6.07, 6.45) is 1.58. The van der Waals surface area contributed by atoms with E-state index < -0.39 is 5.41 Å². The van der Waals surface area contributed by atoms with Crippen LogP contribution >= 0.6 is 11.6 Å². The number of aromatic nitrogens is 1. The van der Waals surface area contributed by atoms with E-state index in [-0.39, 0.29) is 18.3 Å². The van der Waals surface area contributed by atoms with Crippen molar-refractivity contribution in [2.24, 2.45) is 5.41 Å². The first-order chi connectivity index (χ1) is 13.4. The Morgan fingerprint density at radius 2 is 2.00 bits per heavy atom. The van der Waals surface area contributed by atoms with Crippen LogP contribution in [0.1, 0.15) is 25.3 Å². The van der Waals surface area contributed by atoms with Crippen molar-refractivity contribution in [3.63, 3.8) is 0 Å². The monoisotopic (exact) mass is 402 g/mol. The molecule has 1 amide bonds. The summed E-state index contributed by atoms with van der Waals surface area (Å²) in [6.45, 7) is 4.24. The highest BCUT2D eigenvalue weighted by Crippen LogP contribution is 2.31. The average molecular weight is 403 g/mol. The number of hydrogen-bond donors (Lipinski definition) is 0. The first kappa shape index (κ1) is 20.0. The lowest BCUT2D eigenvalue weighted by Gasteiger charge is -2.29. The maximum Gasteiger partial charge on any atom is 0.230 e. The summed E-state index contributed by atoms with van der Waals surface area (Å²) < 4.78 is 16.3. The molecule has 0 spiro atoms. The van der Waals surface area contributed by atoms with Gasteiger partial charge in [-0.2, -0.15) is 0 Å². The minimum absolute atomic E-state index is 0.0826. The number of hydrogen-bond acceptors (Lipinski definition) is 5. The summed E-state index contributed by atoms with van der Waals surface area (Å²) in [5.41, 5.74) is 0.725. The Hall–Kier alpha value is -2.73. The zero-order valence-corrected chi connectivity index (χ0v) is 16.9. The van der Waals surface area contributed by atoms with Gasteiger partial charge < -0.3 is 18.6 Å². The predicted octanol–water partition coefficient (Wildman–Crippen LogP) is 4.74. The van der Waals surface area contributed by atoms with Gasteiger partial charge in [-0.3, -0.25) is 4.79 Å². The Morgan fingerprint density at radius 3 is 2.68 bits per heavy atom. The number of benzene rings is 1. The van der Waals surface area contributed by atoms with E-state index in [0.717, 1.165) is 5.56 Å². The number of alkyl halides is 1. The molecular weight excluding hydrogens is 380 g/mol. The van der Waals surface area contributed by atoms with E-state index in [9.17, 15) is 4.79 Å². The van der Waals surface area contributed by atoms with Gasteiger partial charge in [0.2, 0.25) is 5.91 Å². The Morgan fingerprint density at radius 1 is 1.21 bits per heavy atom. The number of rotatable bonds is 8. The molecule has 0 unspecified atom stereocenters. The molecule has 0 saturated heterocycles. The van der Waals surface area contributed by atoms with Crippen LogP contribution in [-0.2, 0) is 17.9 Å². The highest BCUT2D eigenvalue weighted by molar-refractivity contribution is 6.19. The van der Waals surface area contributed by atoms with E-state index >= 15 is 0 Å². The Labute approximate surface area is 169 Å². The quantitative estimate of drug-likeness (QED) is 0.509. The highest BCUT2D eigenvalue weighted by atomic mass is 35.5. The first-order valence-corrected chi connectivity index (χ1v) is 9.45. The zero-order valence-electron chi connectivity index (χ0n) is 16.1. The third kappa shape index (κ3) is 4.39. The third-order valence-corrected chi connectivity index (χ3v) is 5.08. The molecule has 0 aliphatic carbocycles. The molecule has 2 heterocycles. The van der Waals surface area contributed by atoms with Gasteiger partial charge in [-0.05, 0) is 38.1 Å². The maximum atomic E-state index is 13.0. The first-order valence-electron chi connectivity index (χ1n) is 8.91.